The summed E-state index contributed by atoms with van der Waals surface area (Å²) in [7, 11) is 0. The molecule has 4 rings (SSSR count). The van der Waals surface area contributed by atoms with Crippen molar-refractivity contribution in [2.75, 3.05) is 26.4 Å². The highest BCUT2D eigenvalue weighted by Gasteiger charge is 2.48. The first-order chi connectivity index (χ1) is 17.5. The molecule has 0 unspecified atom stereocenters. The molecular weight excluding hydrogens is 456 g/mol. The maximum absolute atomic E-state index is 13.4. The minimum Gasteiger partial charge on any atom is -0.464 e. The van der Waals surface area contributed by atoms with E-state index in [4.69, 9.17) is 9.47 Å². The Morgan fingerprint density at radius 2 is 1.22 bits per heavy atom. The van der Waals surface area contributed by atoms with Crippen molar-refractivity contribution in [3.63, 3.8) is 0 Å². The molecule has 6 heteroatoms. The number of hydrogen-bond donors (Lipinski definition) is 2. The van der Waals surface area contributed by atoms with E-state index in [0.29, 0.717) is 25.0 Å². The zero-order valence-corrected chi connectivity index (χ0v) is 21.1. The average molecular weight is 497 g/mol. The summed E-state index contributed by atoms with van der Waals surface area (Å²) < 4.78 is 11.5. The summed E-state index contributed by atoms with van der Waals surface area (Å²) in [5.41, 5.74) is 0.532. The number of carbonyl (C=O) groups excluding carboxylic acids is 2. The third-order valence-corrected chi connectivity index (χ3v) is 8.38. The molecule has 0 aliphatic heterocycles. The van der Waals surface area contributed by atoms with Gasteiger partial charge in [0.15, 0.2) is 5.41 Å². The van der Waals surface area contributed by atoms with Gasteiger partial charge in [0.25, 0.3) is 0 Å². The van der Waals surface area contributed by atoms with Gasteiger partial charge in [-0.15, -0.1) is 0 Å². The van der Waals surface area contributed by atoms with E-state index >= 15 is 0 Å². The monoisotopic (exact) mass is 496 g/mol. The predicted molar refractivity (Wildman–Crippen MR) is 138 cm³/mol. The maximum Gasteiger partial charge on any atom is 0.327 e. The molecular formula is C30H40O6. The van der Waals surface area contributed by atoms with Gasteiger partial charge in [0.05, 0.1) is 13.2 Å². The molecule has 6 nitrogen and oxygen atoms in total. The van der Waals surface area contributed by atoms with E-state index in [-0.39, 0.29) is 31.5 Å². The molecule has 0 amide bonds. The van der Waals surface area contributed by atoms with Gasteiger partial charge >= 0.3 is 11.9 Å². The highest BCUT2D eigenvalue weighted by molar-refractivity contribution is 6.04. The molecule has 1 aromatic carbocycles. The van der Waals surface area contributed by atoms with E-state index in [9.17, 15) is 19.8 Å². The van der Waals surface area contributed by atoms with Crippen LogP contribution in [0.4, 0.5) is 0 Å². The Kier molecular flexibility index (Phi) is 9.38. The molecule has 2 fully saturated rings. The van der Waals surface area contributed by atoms with Gasteiger partial charge in [0.2, 0.25) is 0 Å². The lowest BCUT2D eigenvalue weighted by Crippen LogP contribution is -2.42. The third kappa shape index (κ3) is 6.46. The summed E-state index contributed by atoms with van der Waals surface area (Å²) in [5.74, 6) is 0.117. The topological polar surface area (TPSA) is 93.1 Å². The van der Waals surface area contributed by atoms with Gasteiger partial charge in [-0.1, -0.05) is 48.6 Å². The molecule has 0 spiro atoms. The number of hydrogen-bond acceptors (Lipinski definition) is 6. The largest absolute Gasteiger partial charge is 0.464 e. The molecule has 0 atom stereocenters. The van der Waals surface area contributed by atoms with Crippen molar-refractivity contribution in [2.24, 2.45) is 29.1 Å². The molecule has 0 bridgehead atoms. The quantitative estimate of drug-likeness (QED) is 0.380. The average Bonchev–Trinajstić information content (AvgIpc) is 2.95. The van der Waals surface area contributed by atoms with E-state index in [1.165, 1.54) is 0 Å². The van der Waals surface area contributed by atoms with Crippen LogP contribution in [0.25, 0.3) is 5.57 Å². The Labute approximate surface area is 214 Å². The Morgan fingerprint density at radius 3 is 1.64 bits per heavy atom. The number of benzene rings is 1. The number of ether oxygens (including phenoxy) is 2. The lowest BCUT2D eigenvalue weighted by molar-refractivity contribution is -0.170. The van der Waals surface area contributed by atoms with E-state index in [1.54, 1.807) is 6.08 Å². The molecule has 36 heavy (non-hydrogen) atoms. The number of aliphatic hydroxyl groups excluding tert-OH is 2. The molecule has 0 radical (unpaired) electrons. The highest BCUT2D eigenvalue weighted by Crippen LogP contribution is 2.37. The second-order valence-electron chi connectivity index (χ2n) is 10.9. The SMILES string of the molecule is O=C(OCC1CCC(CO)CC1)C1(C(=O)OCC2CCC(CO)CC2)C=CC(c2ccccc2)=CC1. The highest BCUT2D eigenvalue weighted by atomic mass is 16.6. The number of esters is 2. The summed E-state index contributed by atoms with van der Waals surface area (Å²) in [4.78, 5) is 26.9. The van der Waals surface area contributed by atoms with Crippen LogP contribution in [0.2, 0.25) is 0 Å². The zero-order valence-electron chi connectivity index (χ0n) is 21.1. The number of carbonyl (C=O) groups is 2. The van der Waals surface area contributed by atoms with Crippen molar-refractivity contribution in [1.29, 1.82) is 0 Å². The summed E-state index contributed by atoms with van der Waals surface area (Å²) in [5, 5.41) is 18.7. The zero-order chi connectivity index (χ0) is 25.4. The van der Waals surface area contributed by atoms with Crippen LogP contribution in [-0.2, 0) is 19.1 Å². The Balaban J connectivity index is 1.41. The van der Waals surface area contributed by atoms with E-state index in [2.05, 4.69) is 0 Å². The van der Waals surface area contributed by atoms with Crippen LogP contribution in [0.3, 0.4) is 0 Å². The van der Waals surface area contributed by atoms with Gasteiger partial charge < -0.3 is 19.7 Å². The van der Waals surface area contributed by atoms with Crippen LogP contribution in [0.1, 0.15) is 63.4 Å². The normalized spacial score (nSPS) is 30.3. The summed E-state index contributed by atoms with van der Waals surface area (Å²) in [6.45, 7) is 1.01. The molecule has 3 aliphatic rings. The van der Waals surface area contributed by atoms with Crippen LogP contribution in [0, 0.1) is 29.1 Å². The number of rotatable bonds is 9. The summed E-state index contributed by atoms with van der Waals surface area (Å²) in [6, 6.07) is 9.89. The maximum atomic E-state index is 13.4. The second kappa shape index (κ2) is 12.7. The fourth-order valence-electron chi connectivity index (χ4n) is 5.68. The van der Waals surface area contributed by atoms with Gasteiger partial charge in [-0.25, -0.2) is 0 Å². The molecule has 2 saturated carbocycles. The van der Waals surface area contributed by atoms with Gasteiger partial charge in [-0.05, 0) is 92.6 Å². The first kappa shape index (κ1) is 26.6. The van der Waals surface area contributed by atoms with Crippen molar-refractivity contribution in [1.82, 2.24) is 0 Å². The van der Waals surface area contributed by atoms with Crippen molar-refractivity contribution in [2.45, 2.75) is 57.8 Å². The van der Waals surface area contributed by atoms with Gasteiger partial charge in [0.1, 0.15) is 0 Å². The summed E-state index contributed by atoms with van der Waals surface area (Å²) in [6.07, 6.45) is 13.1. The number of allylic oxidation sites excluding steroid dienone is 3. The third-order valence-electron chi connectivity index (χ3n) is 8.38. The molecule has 196 valence electrons. The van der Waals surface area contributed by atoms with Crippen molar-refractivity contribution in [3.8, 4) is 0 Å². The molecule has 0 saturated heterocycles. The Bertz CT molecular complexity index is 880. The fraction of sp³-hybridized carbons (Fsp3) is 0.600. The molecule has 1 aromatic rings. The number of aliphatic hydroxyl groups is 2. The fourth-order valence-corrected chi connectivity index (χ4v) is 5.68. The Morgan fingerprint density at radius 1 is 0.750 bits per heavy atom. The predicted octanol–water partition coefficient (Wildman–Crippen LogP) is 4.70. The second-order valence-corrected chi connectivity index (χ2v) is 10.9. The minimum absolute atomic E-state index is 0.208. The smallest absolute Gasteiger partial charge is 0.327 e. The van der Waals surface area contributed by atoms with E-state index < -0.39 is 17.4 Å². The van der Waals surface area contributed by atoms with E-state index in [1.807, 2.05) is 42.5 Å². The lowest BCUT2D eigenvalue weighted by atomic mass is 9.78. The van der Waals surface area contributed by atoms with Gasteiger partial charge in [0, 0.05) is 13.2 Å². The van der Waals surface area contributed by atoms with Crippen LogP contribution in [0.5, 0.6) is 0 Å². The Hall–Kier alpha value is -2.44. The standard InChI is InChI=1S/C30H40O6/c31-18-22-6-10-24(11-7-22)20-35-28(33)30(16-14-27(15-17-30)26-4-2-1-3-5-26)29(34)36-21-25-12-8-23(19-32)9-13-25/h1-5,14-16,22-25,31-32H,6-13,17-21H2. The van der Waals surface area contributed by atoms with Crippen molar-refractivity contribution < 1.29 is 29.3 Å². The molecule has 2 N–H and O–H groups in total. The summed E-state index contributed by atoms with van der Waals surface area (Å²) >= 11 is 0. The van der Waals surface area contributed by atoms with Crippen LogP contribution < -0.4 is 0 Å². The van der Waals surface area contributed by atoms with Gasteiger partial charge in [-0.2, -0.15) is 0 Å². The first-order valence-corrected chi connectivity index (χ1v) is 13.5. The molecule has 0 heterocycles. The first-order valence-electron chi connectivity index (χ1n) is 13.5. The van der Waals surface area contributed by atoms with Gasteiger partial charge in [-0.3, -0.25) is 9.59 Å². The molecule has 0 aromatic heterocycles. The lowest BCUT2D eigenvalue weighted by Gasteiger charge is -2.32. The van der Waals surface area contributed by atoms with Crippen molar-refractivity contribution >= 4 is 17.5 Å². The van der Waals surface area contributed by atoms with E-state index in [0.717, 1.165) is 62.5 Å². The van der Waals surface area contributed by atoms with Crippen molar-refractivity contribution in [3.05, 3.63) is 54.1 Å². The molecule has 3 aliphatic carbocycles. The van der Waals surface area contributed by atoms with Crippen LogP contribution >= 0.6 is 0 Å². The minimum atomic E-state index is -1.47. The van der Waals surface area contributed by atoms with Crippen LogP contribution in [-0.4, -0.2) is 48.6 Å². The van der Waals surface area contributed by atoms with Crippen LogP contribution in [0.15, 0.2) is 48.6 Å².